The van der Waals surface area contributed by atoms with Gasteiger partial charge in [0.05, 0.1) is 17.4 Å². The Bertz CT molecular complexity index is 1720. The first-order chi connectivity index (χ1) is 19.9. The van der Waals surface area contributed by atoms with E-state index in [4.69, 9.17) is 0 Å². The van der Waals surface area contributed by atoms with Crippen molar-refractivity contribution in [2.45, 2.75) is 20.4 Å². The van der Waals surface area contributed by atoms with Crippen molar-refractivity contribution in [2.75, 3.05) is 37.6 Å². The standard InChI is InChI=1S/C30H30F2N8O/c1-3-33-14-20-15-34-16-23(18(20)2)19-4-6-25-22(12-19)28(38-37-25)29-35-17-26(36-29)30(41)40-10-8-39(9-11-40)27-7-5-21(31)13-24(27)32/h4-7,12-13,15-17,33H,3,8-11,14H2,1-2H3,(H,35,36)(H,37,38). The molecule has 2 aromatic carbocycles. The third-order valence-electron chi connectivity index (χ3n) is 7.61. The number of H-pyrrole nitrogens is 2. The average Bonchev–Trinajstić information content (AvgIpc) is 3.64. The van der Waals surface area contributed by atoms with Gasteiger partial charge in [-0.15, -0.1) is 0 Å². The second-order valence-electron chi connectivity index (χ2n) is 10.1. The van der Waals surface area contributed by atoms with E-state index in [2.05, 4.69) is 50.4 Å². The second-order valence-corrected chi connectivity index (χ2v) is 10.1. The Morgan fingerprint density at radius 1 is 1.05 bits per heavy atom. The summed E-state index contributed by atoms with van der Waals surface area (Å²) >= 11 is 0. The highest BCUT2D eigenvalue weighted by molar-refractivity contribution is 5.96. The number of amides is 1. The Morgan fingerprint density at radius 3 is 2.66 bits per heavy atom. The van der Waals surface area contributed by atoms with Gasteiger partial charge in [-0.2, -0.15) is 5.10 Å². The number of pyridine rings is 1. The summed E-state index contributed by atoms with van der Waals surface area (Å²) in [7, 11) is 0. The van der Waals surface area contributed by atoms with Crippen molar-refractivity contribution < 1.29 is 13.6 Å². The summed E-state index contributed by atoms with van der Waals surface area (Å²) < 4.78 is 27.5. The Hall–Kier alpha value is -4.64. The zero-order valence-corrected chi connectivity index (χ0v) is 22.8. The number of piperazine rings is 1. The molecule has 1 aliphatic heterocycles. The average molecular weight is 557 g/mol. The minimum Gasteiger partial charge on any atom is -0.366 e. The first-order valence-electron chi connectivity index (χ1n) is 13.6. The molecule has 1 amide bonds. The van der Waals surface area contributed by atoms with Crippen LogP contribution < -0.4 is 10.2 Å². The fourth-order valence-corrected chi connectivity index (χ4v) is 5.27. The van der Waals surface area contributed by atoms with Gasteiger partial charge in [0, 0.05) is 62.1 Å². The van der Waals surface area contributed by atoms with Gasteiger partial charge in [0.2, 0.25) is 0 Å². The van der Waals surface area contributed by atoms with E-state index in [9.17, 15) is 13.6 Å². The topological polar surface area (TPSA) is 106 Å². The molecule has 0 atom stereocenters. The molecule has 0 spiro atoms. The number of aromatic amines is 2. The summed E-state index contributed by atoms with van der Waals surface area (Å²) in [5.41, 5.74) is 6.53. The molecule has 0 aliphatic carbocycles. The number of aromatic nitrogens is 5. The molecule has 0 saturated carbocycles. The maximum atomic E-state index is 14.2. The van der Waals surface area contributed by atoms with Gasteiger partial charge in [0.15, 0.2) is 5.82 Å². The maximum Gasteiger partial charge on any atom is 0.272 e. The molecule has 0 unspecified atom stereocenters. The van der Waals surface area contributed by atoms with Crippen molar-refractivity contribution in [1.82, 2.24) is 35.4 Å². The van der Waals surface area contributed by atoms with E-state index >= 15 is 0 Å². The van der Waals surface area contributed by atoms with Crippen LogP contribution in [0.5, 0.6) is 0 Å². The van der Waals surface area contributed by atoms with Crippen LogP contribution in [0.15, 0.2) is 55.0 Å². The molecule has 6 rings (SSSR count). The summed E-state index contributed by atoms with van der Waals surface area (Å²) in [6.07, 6.45) is 5.29. The second kappa shape index (κ2) is 11.1. The number of rotatable bonds is 7. The summed E-state index contributed by atoms with van der Waals surface area (Å²) in [5.74, 6) is -0.926. The van der Waals surface area contributed by atoms with Crippen LogP contribution in [0.2, 0.25) is 0 Å². The molecular weight excluding hydrogens is 526 g/mol. The largest absolute Gasteiger partial charge is 0.366 e. The molecule has 4 heterocycles. The lowest BCUT2D eigenvalue weighted by Gasteiger charge is -2.36. The Kier molecular flexibility index (Phi) is 7.19. The third kappa shape index (κ3) is 5.16. The third-order valence-corrected chi connectivity index (χ3v) is 7.61. The molecule has 11 heteroatoms. The van der Waals surface area contributed by atoms with Crippen LogP contribution >= 0.6 is 0 Å². The van der Waals surface area contributed by atoms with Crippen LogP contribution in [0.25, 0.3) is 33.5 Å². The Morgan fingerprint density at radius 2 is 1.88 bits per heavy atom. The van der Waals surface area contributed by atoms with Gasteiger partial charge < -0.3 is 20.1 Å². The smallest absolute Gasteiger partial charge is 0.272 e. The molecule has 210 valence electrons. The molecule has 5 aromatic rings. The number of hydrogen-bond acceptors (Lipinski definition) is 6. The Labute approximate surface area is 235 Å². The highest BCUT2D eigenvalue weighted by atomic mass is 19.1. The van der Waals surface area contributed by atoms with Gasteiger partial charge in [0.25, 0.3) is 5.91 Å². The van der Waals surface area contributed by atoms with Gasteiger partial charge in [-0.3, -0.25) is 14.9 Å². The molecule has 1 saturated heterocycles. The van der Waals surface area contributed by atoms with Crippen molar-refractivity contribution in [2.24, 2.45) is 0 Å². The number of imidazole rings is 1. The van der Waals surface area contributed by atoms with Crippen LogP contribution in [0.1, 0.15) is 28.5 Å². The van der Waals surface area contributed by atoms with Gasteiger partial charge >= 0.3 is 0 Å². The molecule has 3 N–H and O–H groups in total. The van der Waals surface area contributed by atoms with Crippen molar-refractivity contribution in [3.05, 3.63) is 83.4 Å². The lowest BCUT2D eigenvalue weighted by Crippen LogP contribution is -2.49. The zero-order valence-electron chi connectivity index (χ0n) is 22.8. The van der Waals surface area contributed by atoms with E-state index in [1.807, 2.05) is 29.4 Å². The number of anilines is 1. The van der Waals surface area contributed by atoms with Crippen LogP contribution in [-0.4, -0.2) is 68.7 Å². The maximum absolute atomic E-state index is 14.2. The molecule has 3 aromatic heterocycles. The van der Waals surface area contributed by atoms with E-state index in [1.54, 1.807) is 4.90 Å². The van der Waals surface area contributed by atoms with Crippen molar-refractivity contribution in [1.29, 1.82) is 0 Å². The van der Waals surface area contributed by atoms with Crippen molar-refractivity contribution >= 4 is 22.5 Å². The molecule has 1 aliphatic rings. The van der Waals surface area contributed by atoms with Gasteiger partial charge in [0.1, 0.15) is 23.0 Å². The molecule has 41 heavy (non-hydrogen) atoms. The van der Waals surface area contributed by atoms with E-state index in [1.165, 1.54) is 23.9 Å². The van der Waals surface area contributed by atoms with Crippen LogP contribution in [0.4, 0.5) is 14.5 Å². The number of carbonyl (C=O) groups is 1. The lowest BCUT2D eigenvalue weighted by atomic mass is 9.98. The SMILES string of the molecule is CCNCc1cncc(-c2ccc3[nH]nc(-c4ncc(C(=O)N5CCN(c6ccc(F)cc6F)CC5)[nH]4)c3c2)c1C. The molecule has 0 bridgehead atoms. The van der Waals surface area contributed by atoms with E-state index in [0.29, 0.717) is 49.1 Å². The monoisotopic (exact) mass is 556 g/mol. The van der Waals surface area contributed by atoms with E-state index in [0.717, 1.165) is 46.7 Å². The zero-order chi connectivity index (χ0) is 28.5. The van der Waals surface area contributed by atoms with Gasteiger partial charge in [-0.05, 0) is 54.4 Å². The van der Waals surface area contributed by atoms with E-state index < -0.39 is 11.6 Å². The van der Waals surface area contributed by atoms with Crippen LogP contribution in [0.3, 0.4) is 0 Å². The minimum absolute atomic E-state index is 0.192. The number of benzene rings is 2. The number of fused-ring (bicyclic) bond motifs is 1. The van der Waals surface area contributed by atoms with E-state index in [-0.39, 0.29) is 5.91 Å². The fourth-order valence-electron chi connectivity index (χ4n) is 5.27. The minimum atomic E-state index is -0.614. The quantitative estimate of drug-likeness (QED) is 0.269. The first kappa shape index (κ1) is 26.6. The normalized spacial score (nSPS) is 13.8. The van der Waals surface area contributed by atoms with Crippen molar-refractivity contribution in [3.63, 3.8) is 0 Å². The fraction of sp³-hybridized carbons (Fsp3) is 0.267. The number of hydrogen-bond donors (Lipinski definition) is 3. The lowest BCUT2D eigenvalue weighted by molar-refractivity contribution is 0.0741. The summed E-state index contributed by atoms with van der Waals surface area (Å²) in [5, 5.41) is 11.8. The molecule has 9 nitrogen and oxygen atoms in total. The van der Waals surface area contributed by atoms with Gasteiger partial charge in [-0.1, -0.05) is 13.0 Å². The summed E-state index contributed by atoms with van der Waals surface area (Å²) in [6.45, 7) is 7.49. The van der Waals surface area contributed by atoms with Crippen LogP contribution in [-0.2, 0) is 6.54 Å². The summed E-state index contributed by atoms with van der Waals surface area (Å²) in [4.78, 5) is 28.9. The molecule has 1 fully saturated rings. The Balaban J connectivity index is 1.20. The molecular formula is C30H30F2N8O. The van der Waals surface area contributed by atoms with Crippen LogP contribution in [0, 0.1) is 18.6 Å². The number of carbonyl (C=O) groups excluding carboxylic acids is 1. The molecule has 0 radical (unpaired) electrons. The highest BCUT2D eigenvalue weighted by Crippen LogP contribution is 2.31. The van der Waals surface area contributed by atoms with Crippen molar-refractivity contribution in [3.8, 4) is 22.6 Å². The highest BCUT2D eigenvalue weighted by Gasteiger charge is 2.25. The number of nitrogens with one attached hydrogen (secondary N) is 3. The summed E-state index contributed by atoms with van der Waals surface area (Å²) in [6, 6.07) is 9.63. The number of nitrogens with zero attached hydrogens (tertiary/aromatic N) is 5. The predicted molar refractivity (Wildman–Crippen MR) is 153 cm³/mol. The number of halogens is 2. The predicted octanol–water partition coefficient (Wildman–Crippen LogP) is 4.67. The first-order valence-corrected chi connectivity index (χ1v) is 13.6. The van der Waals surface area contributed by atoms with Gasteiger partial charge in [-0.25, -0.2) is 13.8 Å².